The molecule has 0 aliphatic rings. The van der Waals surface area contributed by atoms with Gasteiger partial charge in [-0.05, 0) is 36.8 Å². The van der Waals surface area contributed by atoms with Crippen LogP contribution in [0.15, 0.2) is 47.4 Å². The zero-order valence-electron chi connectivity index (χ0n) is 17.3. The van der Waals surface area contributed by atoms with Crippen LogP contribution in [0.4, 0.5) is 10.1 Å². The van der Waals surface area contributed by atoms with Crippen molar-refractivity contribution < 1.29 is 22.5 Å². The minimum Gasteiger partial charge on any atom is -0.326 e. The normalized spacial score (nSPS) is 12.8. The Kier molecular flexibility index (Phi) is 7.89. The van der Waals surface area contributed by atoms with Crippen LogP contribution in [-0.2, 0) is 21.4 Å². The first-order chi connectivity index (χ1) is 13.7. The summed E-state index contributed by atoms with van der Waals surface area (Å²) >= 11 is 0. The predicted molar refractivity (Wildman–Crippen MR) is 112 cm³/mol. The lowest BCUT2D eigenvalue weighted by Gasteiger charge is -2.20. The minimum absolute atomic E-state index is 0.155. The van der Waals surface area contributed by atoms with Gasteiger partial charge in [-0.25, -0.2) is 12.8 Å². The van der Waals surface area contributed by atoms with Crippen LogP contribution in [0.25, 0.3) is 0 Å². The Labute approximate surface area is 172 Å². The van der Waals surface area contributed by atoms with Crippen LogP contribution in [0.5, 0.6) is 0 Å². The molecule has 29 heavy (non-hydrogen) atoms. The quantitative estimate of drug-likeness (QED) is 0.648. The number of benzene rings is 2. The first kappa shape index (κ1) is 23.0. The largest absolute Gasteiger partial charge is 0.326 e. The number of aryl methyl sites for hydroxylation is 1. The number of carbonyl (C=O) groups is 1. The Morgan fingerprint density at radius 3 is 2.45 bits per heavy atom. The molecule has 0 saturated heterocycles. The number of anilines is 1. The fourth-order valence-electron chi connectivity index (χ4n) is 3.14. The van der Waals surface area contributed by atoms with Gasteiger partial charge in [0.25, 0.3) is 5.91 Å². The van der Waals surface area contributed by atoms with E-state index in [0.29, 0.717) is 25.3 Å². The number of carbonyl (C=O) groups excluding carboxylic acids is 1. The number of halogens is 1. The molecule has 2 aromatic rings. The van der Waals surface area contributed by atoms with Crippen molar-refractivity contribution in [2.45, 2.75) is 32.2 Å². The third kappa shape index (κ3) is 6.09. The first-order valence-electron chi connectivity index (χ1n) is 9.63. The molecule has 0 aliphatic carbocycles. The van der Waals surface area contributed by atoms with E-state index >= 15 is 0 Å². The number of sulfonamides is 1. The van der Waals surface area contributed by atoms with Gasteiger partial charge >= 0.3 is 0 Å². The Morgan fingerprint density at radius 2 is 1.83 bits per heavy atom. The molecule has 0 fully saturated rings. The Bertz CT molecular complexity index is 959. The number of hydrogen-bond donors (Lipinski definition) is 2. The summed E-state index contributed by atoms with van der Waals surface area (Å²) in [6.45, 7) is 6.81. The molecular formula is C21H29FN3O3S+. The summed E-state index contributed by atoms with van der Waals surface area (Å²) in [5.41, 5.74) is 2.06. The van der Waals surface area contributed by atoms with E-state index in [-0.39, 0.29) is 23.2 Å². The molecule has 2 rings (SSSR count). The summed E-state index contributed by atoms with van der Waals surface area (Å²) < 4.78 is 40.1. The van der Waals surface area contributed by atoms with Crippen molar-refractivity contribution >= 4 is 21.6 Å². The molecule has 0 aliphatic heterocycles. The summed E-state index contributed by atoms with van der Waals surface area (Å²) in [4.78, 5) is 13.5. The second-order valence-electron chi connectivity index (χ2n) is 7.05. The van der Waals surface area contributed by atoms with Crippen LogP contribution < -0.4 is 10.2 Å². The van der Waals surface area contributed by atoms with Crippen molar-refractivity contribution in [2.75, 3.05) is 32.0 Å². The molecule has 0 heterocycles. The van der Waals surface area contributed by atoms with Gasteiger partial charge in [-0.15, -0.1) is 0 Å². The third-order valence-electron chi connectivity index (χ3n) is 4.68. The Balaban J connectivity index is 2.10. The van der Waals surface area contributed by atoms with Gasteiger partial charge in [0, 0.05) is 24.3 Å². The molecule has 2 N–H and O–H groups in total. The minimum atomic E-state index is -3.60. The van der Waals surface area contributed by atoms with Gasteiger partial charge in [-0.2, -0.15) is 4.31 Å². The summed E-state index contributed by atoms with van der Waals surface area (Å²) in [6.07, 6.45) is 0. The van der Waals surface area contributed by atoms with E-state index in [9.17, 15) is 17.6 Å². The predicted octanol–water partition coefficient (Wildman–Crippen LogP) is 1.82. The molecule has 1 atom stereocenters. The summed E-state index contributed by atoms with van der Waals surface area (Å²) in [6, 6.07) is 11.0. The SMILES string of the molecule is CCN(CC)S(=O)(=O)c1ccc(C)c(NC(=O)C[NH+](C)Cc2cccc(F)c2)c1. The molecule has 6 nitrogen and oxygen atoms in total. The molecule has 158 valence electrons. The van der Waals surface area contributed by atoms with Gasteiger partial charge in [0.2, 0.25) is 10.0 Å². The number of rotatable bonds is 9. The van der Waals surface area contributed by atoms with Gasteiger partial charge in [-0.1, -0.05) is 32.0 Å². The zero-order valence-corrected chi connectivity index (χ0v) is 18.1. The summed E-state index contributed by atoms with van der Waals surface area (Å²) in [5.74, 6) is -0.541. The molecule has 1 amide bonds. The zero-order chi connectivity index (χ0) is 21.6. The second kappa shape index (κ2) is 9.96. The van der Waals surface area contributed by atoms with E-state index in [1.807, 2.05) is 20.0 Å². The number of likely N-dealkylation sites (N-methyl/N-ethyl adjacent to an activating group) is 1. The van der Waals surface area contributed by atoms with Crippen molar-refractivity contribution in [3.05, 3.63) is 59.4 Å². The van der Waals surface area contributed by atoms with Gasteiger partial charge < -0.3 is 10.2 Å². The Morgan fingerprint density at radius 1 is 1.14 bits per heavy atom. The molecular weight excluding hydrogens is 393 g/mol. The smallest absolute Gasteiger partial charge is 0.279 e. The number of nitrogens with zero attached hydrogens (tertiary/aromatic N) is 1. The van der Waals surface area contributed by atoms with Crippen molar-refractivity contribution in [1.29, 1.82) is 0 Å². The van der Waals surface area contributed by atoms with Crippen LogP contribution in [-0.4, -0.2) is 45.3 Å². The summed E-state index contributed by atoms with van der Waals surface area (Å²) in [7, 11) is -1.76. The maximum absolute atomic E-state index is 13.3. The molecule has 2 aromatic carbocycles. The van der Waals surface area contributed by atoms with E-state index in [2.05, 4.69) is 5.32 Å². The molecule has 0 saturated carbocycles. The lowest BCUT2D eigenvalue weighted by Crippen LogP contribution is -3.08. The standard InChI is InChI=1S/C21H28FN3O3S/c1-5-25(6-2)29(27,28)19-11-10-16(3)20(13-19)23-21(26)15-24(4)14-17-8-7-9-18(22)12-17/h7-13H,5-6,14-15H2,1-4H3,(H,23,26)/p+1. The van der Waals surface area contributed by atoms with E-state index in [1.165, 1.54) is 22.5 Å². The van der Waals surface area contributed by atoms with Gasteiger partial charge in [0.1, 0.15) is 12.4 Å². The topological polar surface area (TPSA) is 70.9 Å². The van der Waals surface area contributed by atoms with Crippen LogP contribution in [0.2, 0.25) is 0 Å². The first-order valence-corrected chi connectivity index (χ1v) is 11.1. The number of hydrogen-bond acceptors (Lipinski definition) is 3. The average molecular weight is 423 g/mol. The van der Waals surface area contributed by atoms with Crippen molar-refractivity contribution in [1.82, 2.24) is 4.31 Å². The highest BCUT2D eigenvalue weighted by Crippen LogP contribution is 2.22. The van der Waals surface area contributed by atoms with E-state index in [0.717, 1.165) is 16.0 Å². The van der Waals surface area contributed by atoms with E-state index in [1.54, 1.807) is 32.0 Å². The highest BCUT2D eigenvalue weighted by Gasteiger charge is 2.22. The average Bonchev–Trinajstić information content (AvgIpc) is 2.64. The molecule has 8 heteroatoms. The molecule has 0 aromatic heterocycles. The van der Waals surface area contributed by atoms with E-state index < -0.39 is 10.0 Å². The van der Waals surface area contributed by atoms with Gasteiger partial charge in [-0.3, -0.25) is 4.79 Å². The Hall–Kier alpha value is -2.29. The van der Waals surface area contributed by atoms with Crippen molar-refractivity contribution in [2.24, 2.45) is 0 Å². The van der Waals surface area contributed by atoms with Crippen LogP contribution in [0, 0.1) is 12.7 Å². The number of amides is 1. The molecule has 0 bridgehead atoms. The molecule has 0 radical (unpaired) electrons. The monoisotopic (exact) mass is 422 g/mol. The second-order valence-corrected chi connectivity index (χ2v) is 8.99. The third-order valence-corrected chi connectivity index (χ3v) is 6.73. The molecule has 0 spiro atoms. The fourth-order valence-corrected chi connectivity index (χ4v) is 4.62. The van der Waals surface area contributed by atoms with Crippen molar-refractivity contribution in [3.8, 4) is 0 Å². The van der Waals surface area contributed by atoms with Crippen LogP contribution in [0.1, 0.15) is 25.0 Å². The molecule has 1 unspecified atom stereocenters. The maximum Gasteiger partial charge on any atom is 0.279 e. The van der Waals surface area contributed by atoms with E-state index in [4.69, 9.17) is 0 Å². The highest BCUT2D eigenvalue weighted by molar-refractivity contribution is 7.89. The maximum atomic E-state index is 13.3. The number of nitrogens with one attached hydrogen (secondary N) is 2. The summed E-state index contributed by atoms with van der Waals surface area (Å²) in [5, 5.41) is 2.81. The van der Waals surface area contributed by atoms with Gasteiger partial charge in [0.05, 0.1) is 11.9 Å². The lowest BCUT2D eigenvalue weighted by atomic mass is 10.2. The van der Waals surface area contributed by atoms with Crippen molar-refractivity contribution in [3.63, 3.8) is 0 Å². The van der Waals surface area contributed by atoms with Crippen LogP contribution in [0.3, 0.4) is 0 Å². The van der Waals surface area contributed by atoms with Crippen LogP contribution >= 0.6 is 0 Å². The van der Waals surface area contributed by atoms with Gasteiger partial charge in [0.15, 0.2) is 6.54 Å². The highest BCUT2D eigenvalue weighted by atomic mass is 32.2. The lowest BCUT2D eigenvalue weighted by molar-refractivity contribution is -0.885. The number of quaternary nitrogens is 1. The fraction of sp³-hybridized carbons (Fsp3) is 0.381.